The largest absolute Gasteiger partial charge is 0.375 e. The van der Waals surface area contributed by atoms with Gasteiger partial charge in [0.05, 0.1) is 18.4 Å². The third-order valence-electron chi connectivity index (χ3n) is 3.68. The first-order valence-corrected chi connectivity index (χ1v) is 7.46. The monoisotopic (exact) mass is 300 g/mol. The lowest BCUT2D eigenvalue weighted by molar-refractivity contribution is -0.00351. The lowest BCUT2D eigenvalue weighted by atomic mass is 10.2. The van der Waals surface area contributed by atoms with E-state index in [4.69, 9.17) is 4.74 Å². The second-order valence-corrected chi connectivity index (χ2v) is 5.40. The van der Waals surface area contributed by atoms with E-state index in [9.17, 15) is 4.79 Å². The van der Waals surface area contributed by atoms with Crippen LogP contribution in [0.3, 0.4) is 0 Å². The predicted octanol–water partition coefficient (Wildman–Crippen LogP) is 1.80. The zero-order valence-corrected chi connectivity index (χ0v) is 12.6. The Morgan fingerprint density at radius 2 is 2.23 bits per heavy atom. The maximum Gasteiger partial charge on any atom is 0.317 e. The summed E-state index contributed by atoms with van der Waals surface area (Å²) in [6.07, 6.45) is 3.75. The van der Waals surface area contributed by atoms with Gasteiger partial charge >= 0.3 is 6.03 Å². The number of hydrogen-bond donors (Lipinski definition) is 1. The van der Waals surface area contributed by atoms with Crippen LogP contribution in [0.1, 0.15) is 12.5 Å². The Morgan fingerprint density at radius 3 is 2.91 bits per heavy atom. The van der Waals surface area contributed by atoms with Crippen molar-refractivity contribution in [3.05, 3.63) is 48.3 Å². The van der Waals surface area contributed by atoms with Crippen LogP contribution in [0.25, 0.3) is 5.69 Å². The van der Waals surface area contributed by atoms with Crippen molar-refractivity contribution in [1.82, 2.24) is 20.0 Å². The molecule has 1 N–H and O–H groups in total. The van der Waals surface area contributed by atoms with Gasteiger partial charge in [0.2, 0.25) is 0 Å². The minimum absolute atomic E-state index is 0.0358. The molecule has 0 bridgehead atoms. The summed E-state index contributed by atoms with van der Waals surface area (Å²) in [4.78, 5) is 13.9. The van der Waals surface area contributed by atoms with Gasteiger partial charge in [-0.2, -0.15) is 5.10 Å². The second-order valence-electron chi connectivity index (χ2n) is 5.40. The van der Waals surface area contributed by atoms with Gasteiger partial charge in [-0.3, -0.25) is 0 Å². The van der Waals surface area contributed by atoms with Crippen LogP contribution in [0.4, 0.5) is 4.79 Å². The molecule has 0 unspecified atom stereocenters. The first kappa shape index (κ1) is 14.6. The van der Waals surface area contributed by atoms with Crippen LogP contribution in [0.5, 0.6) is 0 Å². The Bertz CT molecular complexity index is 610. The molecule has 0 spiro atoms. The van der Waals surface area contributed by atoms with Crippen LogP contribution < -0.4 is 5.32 Å². The van der Waals surface area contributed by atoms with Crippen LogP contribution in [-0.2, 0) is 11.3 Å². The molecule has 1 aromatic carbocycles. The summed E-state index contributed by atoms with van der Waals surface area (Å²) in [6.45, 7) is 4.39. The van der Waals surface area contributed by atoms with E-state index in [1.165, 1.54) is 0 Å². The number of benzene rings is 1. The lowest BCUT2D eigenvalue weighted by Crippen LogP contribution is -2.48. The maximum absolute atomic E-state index is 12.1. The van der Waals surface area contributed by atoms with Crippen molar-refractivity contribution >= 4 is 6.03 Å². The average molecular weight is 300 g/mol. The van der Waals surface area contributed by atoms with Crippen LogP contribution in [0.2, 0.25) is 0 Å². The summed E-state index contributed by atoms with van der Waals surface area (Å²) in [5.74, 6) is 0. The Kier molecular flexibility index (Phi) is 4.39. The smallest absolute Gasteiger partial charge is 0.317 e. The van der Waals surface area contributed by atoms with Crippen molar-refractivity contribution in [3.63, 3.8) is 0 Å². The molecule has 0 radical (unpaired) electrons. The molecule has 2 amide bonds. The molecule has 2 heterocycles. The number of hydrogen-bond acceptors (Lipinski definition) is 3. The minimum atomic E-state index is -0.0358. The zero-order valence-electron chi connectivity index (χ0n) is 12.6. The SMILES string of the molecule is C[C@H]1CN(C(=O)NCc2ccc(-n3cccn3)cc2)CCO1. The number of aromatic nitrogens is 2. The molecule has 1 fully saturated rings. The predicted molar refractivity (Wildman–Crippen MR) is 82.8 cm³/mol. The molecule has 1 atom stereocenters. The Labute approximate surface area is 129 Å². The summed E-state index contributed by atoms with van der Waals surface area (Å²) < 4.78 is 7.24. The molecule has 2 aromatic rings. The Balaban J connectivity index is 1.54. The normalized spacial score (nSPS) is 18.2. The van der Waals surface area contributed by atoms with E-state index < -0.39 is 0 Å². The van der Waals surface area contributed by atoms with Crippen molar-refractivity contribution in [2.24, 2.45) is 0 Å². The average Bonchev–Trinajstić information content (AvgIpc) is 3.07. The molecule has 116 valence electrons. The summed E-state index contributed by atoms with van der Waals surface area (Å²) in [5.41, 5.74) is 2.06. The molecule has 6 nitrogen and oxygen atoms in total. The number of amides is 2. The van der Waals surface area contributed by atoms with Crippen LogP contribution in [0, 0.1) is 0 Å². The number of urea groups is 1. The zero-order chi connectivity index (χ0) is 15.4. The van der Waals surface area contributed by atoms with Crippen LogP contribution in [0.15, 0.2) is 42.7 Å². The van der Waals surface area contributed by atoms with Crippen molar-refractivity contribution in [3.8, 4) is 5.69 Å². The van der Waals surface area contributed by atoms with Gasteiger partial charge in [0, 0.05) is 32.0 Å². The molecular weight excluding hydrogens is 280 g/mol. The number of carbonyl (C=O) groups excluding carboxylic acids is 1. The second kappa shape index (κ2) is 6.62. The first-order valence-electron chi connectivity index (χ1n) is 7.46. The van der Waals surface area contributed by atoms with Gasteiger partial charge < -0.3 is 15.0 Å². The molecule has 22 heavy (non-hydrogen) atoms. The van der Waals surface area contributed by atoms with E-state index in [0.29, 0.717) is 26.2 Å². The number of nitrogens with zero attached hydrogens (tertiary/aromatic N) is 3. The van der Waals surface area contributed by atoms with E-state index in [1.54, 1.807) is 15.8 Å². The highest BCUT2D eigenvalue weighted by molar-refractivity contribution is 5.74. The highest BCUT2D eigenvalue weighted by Gasteiger charge is 2.20. The Hall–Kier alpha value is -2.34. The first-order chi connectivity index (χ1) is 10.7. The van der Waals surface area contributed by atoms with Crippen LogP contribution >= 0.6 is 0 Å². The fourth-order valence-corrected chi connectivity index (χ4v) is 2.48. The summed E-state index contributed by atoms with van der Waals surface area (Å²) in [6, 6.07) is 9.83. The summed E-state index contributed by atoms with van der Waals surface area (Å²) in [5, 5.41) is 7.14. The molecule has 6 heteroatoms. The maximum atomic E-state index is 12.1. The molecule has 0 saturated carbocycles. The van der Waals surface area contributed by atoms with Gasteiger partial charge in [-0.05, 0) is 30.7 Å². The van der Waals surface area contributed by atoms with Gasteiger partial charge in [0.15, 0.2) is 0 Å². The van der Waals surface area contributed by atoms with Crippen molar-refractivity contribution < 1.29 is 9.53 Å². The van der Waals surface area contributed by atoms with Gasteiger partial charge in [-0.25, -0.2) is 9.48 Å². The van der Waals surface area contributed by atoms with E-state index in [-0.39, 0.29) is 12.1 Å². The fourth-order valence-electron chi connectivity index (χ4n) is 2.48. The quantitative estimate of drug-likeness (QED) is 0.940. The number of nitrogens with one attached hydrogen (secondary N) is 1. The van der Waals surface area contributed by atoms with Crippen molar-refractivity contribution in [2.75, 3.05) is 19.7 Å². The molecule has 1 aliphatic rings. The van der Waals surface area contributed by atoms with Gasteiger partial charge in [0.25, 0.3) is 0 Å². The van der Waals surface area contributed by atoms with Gasteiger partial charge in [-0.15, -0.1) is 0 Å². The fraction of sp³-hybridized carbons (Fsp3) is 0.375. The summed E-state index contributed by atoms with van der Waals surface area (Å²) >= 11 is 0. The number of rotatable bonds is 3. The van der Waals surface area contributed by atoms with E-state index >= 15 is 0 Å². The number of morpholine rings is 1. The third-order valence-corrected chi connectivity index (χ3v) is 3.68. The van der Waals surface area contributed by atoms with E-state index in [0.717, 1.165) is 11.3 Å². The molecule has 0 aliphatic carbocycles. The highest BCUT2D eigenvalue weighted by atomic mass is 16.5. The number of carbonyl (C=O) groups is 1. The molecular formula is C16H20N4O2. The van der Waals surface area contributed by atoms with E-state index in [2.05, 4.69) is 10.4 Å². The molecule has 1 aliphatic heterocycles. The minimum Gasteiger partial charge on any atom is -0.375 e. The van der Waals surface area contributed by atoms with E-state index in [1.807, 2.05) is 43.5 Å². The van der Waals surface area contributed by atoms with Crippen molar-refractivity contribution in [1.29, 1.82) is 0 Å². The van der Waals surface area contributed by atoms with Crippen LogP contribution in [-0.4, -0.2) is 46.5 Å². The molecule has 3 rings (SSSR count). The third kappa shape index (κ3) is 3.46. The topological polar surface area (TPSA) is 59.4 Å². The lowest BCUT2D eigenvalue weighted by Gasteiger charge is -2.31. The number of ether oxygens (including phenoxy) is 1. The highest BCUT2D eigenvalue weighted by Crippen LogP contribution is 2.09. The summed E-state index contributed by atoms with van der Waals surface area (Å²) in [7, 11) is 0. The van der Waals surface area contributed by atoms with Crippen molar-refractivity contribution in [2.45, 2.75) is 19.6 Å². The molecule has 1 aromatic heterocycles. The van der Waals surface area contributed by atoms with Gasteiger partial charge in [0.1, 0.15) is 0 Å². The Morgan fingerprint density at radius 1 is 1.41 bits per heavy atom. The van der Waals surface area contributed by atoms with Gasteiger partial charge in [-0.1, -0.05) is 12.1 Å². The molecule has 1 saturated heterocycles. The standard InChI is InChI=1S/C16H20N4O2/c1-13-12-19(9-10-22-13)16(21)17-11-14-3-5-15(6-4-14)20-8-2-7-18-20/h2-8,13H,9-12H2,1H3,(H,17,21)/t13-/m0/s1.